The normalized spacial score (nSPS) is 10.7. The summed E-state index contributed by atoms with van der Waals surface area (Å²) in [4.78, 5) is 0. The van der Waals surface area contributed by atoms with Crippen LogP contribution in [0.15, 0.2) is 42.5 Å². The molecule has 0 saturated carbocycles. The highest BCUT2D eigenvalue weighted by Gasteiger charge is 2.11. The van der Waals surface area contributed by atoms with E-state index in [0.29, 0.717) is 17.7 Å². The second kappa shape index (κ2) is 6.15. The van der Waals surface area contributed by atoms with Crippen LogP contribution in [0, 0.1) is 5.82 Å². The van der Waals surface area contributed by atoms with Gasteiger partial charge in [0.15, 0.2) is 11.0 Å². The quantitative estimate of drug-likeness (QED) is 0.789. The minimum absolute atomic E-state index is 0.0584. The maximum Gasteiger partial charge on any atom is 0.162 e. The van der Waals surface area contributed by atoms with Crippen molar-refractivity contribution in [3.63, 3.8) is 0 Å². The fraction of sp³-hybridized carbons (Fsp3) is 0.125. The first-order valence-corrected chi connectivity index (χ1v) is 7.04. The molecule has 1 N–H and O–H groups in total. The summed E-state index contributed by atoms with van der Waals surface area (Å²) < 4.78 is 19.0. The number of rotatable bonds is 4. The molecule has 0 aliphatic carbocycles. The third kappa shape index (κ3) is 2.80. The molecule has 0 aliphatic rings. The number of benzene rings is 2. The SMILES string of the molecule is COc1ccc(CNc2nnc(Cl)c3c(F)cccc23)cc1. The molecule has 6 heteroatoms. The number of nitrogens with zero attached hydrogens (tertiary/aromatic N) is 2. The minimum Gasteiger partial charge on any atom is -0.497 e. The number of hydrogen-bond acceptors (Lipinski definition) is 4. The highest BCUT2D eigenvalue weighted by Crippen LogP contribution is 2.28. The lowest BCUT2D eigenvalue weighted by Gasteiger charge is -2.09. The Morgan fingerprint density at radius 3 is 2.64 bits per heavy atom. The van der Waals surface area contributed by atoms with Gasteiger partial charge >= 0.3 is 0 Å². The van der Waals surface area contributed by atoms with Crippen molar-refractivity contribution in [3.8, 4) is 5.75 Å². The van der Waals surface area contributed by atoms with Crippen molar-refractivity contribution in [1.82, 2.24) is 10.2 Å². The van der Waals surface area contributed by atoms with Crippen molar-refractivity contribution in [2.75, 3.05) is 12.4 Å². The van der Waals surface area contributed by atoms with E-state index < -0.39 is 5.82 Å². The average molecular weight is 318 g/mol. The Morgan fingerprint density at radius 1 is 1.14 bits per heavy atom. The van der Waals surface area contributed by atoms with Crippen LogP contribution in [-0.2, 0) is 6.54 Å². The molecule has 112 valence electrons. The molecule has 0 fully saturated rings. The van der Waals surface area contributed by atoms with E-state index >= 15 is 0 Å². The molecule has 1 aromatic heterocycles. The molecule has 0 radical (unpaired) electrons. The Balaban J connectivity index is 1.87. The molecule has 0 unspecified atom stereocenters. The summed E-state index contributed by atoms with van der Waals surface area (Å²) in [6, 6.07) is 12.4. The predicted molar refractivity (Wildman–Crippen MR) is 84.8 cm³/mol. The third-order valence-corrected chi connectivity index (χ3v) is 3.60. The number of ether oxygens (including phenoxy) is 1. The summed E-state index contributed by atoms with van der Waals surface area (Å²) in [5.74, 6) is 0.877. The van der Waals surface area contributed by atoms with Crippen molar-refractivity contribution < 1.29 is 9.13 Å². The van der Waals surface area contributed by atoms with Crippen molar-refractivity contribution in [1.29, 1.82) is 0 Å². The fourth-order valence-electron chi connectivity index (χ4n) is 2.19. The van der Waals surface area contributed by atoms with Gasteiger partial charge in [-0.05, 0) is 23.8 Å². The number of methoxy groups -OCH3 is 1. The van der Waals surface area contributed by atoms with Gasteiger partial charge < -0.3 is 10.1 Å². The van der Waals surface area contributed by atoms with Crippen LogP contribution >= 0.6 is 11.6 Å². The van der Waals surface area contributed by atoms with Crippen molar-refractivity contribution in [2.24, 2.45) is 0 Å². The molecule has 0 spiro atoms. The van der Waals surface area contributed by atoms with Gasteiger partial charge in [-0.3, -0.25) is 0 Å². The highest BCUT2D eigenvalue weighted by molar-refractivity contribution is 6.34. The lowest BCUT2D eigenvalue weighted by molar-refractivity contribution is 0.414. The molecular formula is C16H13ClFN3O. The molecule has 4 nitrogen and oxygen atoms in total. The zero-order valence-corrected chi connectivity index (χ0v) is 12.6. The standard InChI is InChI=1S/C16H13ClFN3O/c1-22-11-7-5-10(6-8-11)9-19-16-12-3-2-4-13(18)14(12)15(17)20-21-16/h2-8H,9H2,1H3,(H,19,21). The van der Waals surface area contributed by atoms with Gasteiger partial charge in [0.2, 0.25) is 0 Å². The van der Waals surface area contributed by atoms with E-state index in [-0.39, 0.29) is 10.5 Å². The summed E-state index contributed by atoms with van der Waals surface area (Å²) in [5.41, 5.74) is 1.04. The maximum atomic E-state index is 13.9. The molecule has 0 aliphatic heterocycles. The summed E-state index contributed by atoms with van der Waals surface area (Å²) >= 11 is 5.93. The van der Waals surface area contributed by atoms with Crippen molar-refractivity contribution in [2.45, 2.75) is 6.54 Å². The van der Waals surface area contributed by atoms with E-state index in [1.54, 1.807) is 19.2 Å². The Bertz CT molecular complexity index is 800. The topological polar surface area (TPSA) is 47.0 Å². The number of fused-ring (bicyclic) bond motifs is 1. The van der Waals surface area contributed by atoms with Crippen LogP contribution in [0.5, 0.6) is 5.75 Å². The van der Waals surface area contributed by atoms with E-state index in [2.05, 4.69) is 15.5 Å². The van der Waals surface area contributed by atoms with Gasteiger partial charge in [-0.1, -0.05) is 35.9 Å². The van der Waals surface area contributed by atoms with Gasteiger partial charge in [0.25, 0.3) is 0 Å². The van der Waals surface area contributed by atoms with E-state index in [4.69, 9.17) is 16.3 Å². The monoisotopic (exact) mass is 317 g/mol. The largest absolute Gasteiger partial charge is 0.497 e. The molecule has 1 heterocycles. The van der Waals surface area contributed by atoms with E-state index in [1.807, 2.05) is 24.3 Å². The Morgan fingerprint density at radius 2 is 1.91 bits per heavy atom. The zero-order chi connectivity index (χ0) is 15.5. The zero-order valence-electron chi connectivity index (χ0n) is 11.8. The highest BCUT2D eigenvalue weighted by atomic mass is 35.5. The smallest absolute Gasteiger partial charge is 0.162 e. The minimum atomic E-state index is -0.412. The number of nitrogens with one attached hydrogen (secondary N) is 1. The second-order valence-electron chi connectivity index (χ2n) is 4.70. The molecule has 0 amide bonds. The maximum absolute atomic E-state index is 13.9. The van der Waals surface area contributed by atoms with Crippen LogP contribution in [-0.4, -0.2) is 17.3 Å². The lowest BCUT2D eigenvalue weighted by atomic mass is 10.1. The van der Waals surface area contributed by atoms with Gasteiger partial charge in [-0.25, -0.2) is 4.39 Å². The predicted octanol–water partition coefficient (Wildman–Crippen LogP) is 4.04. The summed E-state index contributed by atoms with van der Waals surface area (Å²) in [7, 11) is 1.62. The number of halogens is 2. The van der Waals surface area contributed by atoms with Crippen molar-refractivity contribution in [3.05, 3.63) is 59.0 Å². The first-order chi connectivity index (χ1) is 10.7. The Labute approximate surface area is 131 Å². The molecule has 22 heavy (non-hydrogen) atoms. The van der Waals surface area contributed by atoms with Gasteiger partial charge in [-0.2, -0.15) is 0 Å². The summed E-state index contributed by atoms with van der Waals surface area (Å²) in [6.07, 6.45) is 0. The third-order valence-electron chi connectivity index (χ3n) is 3.33. The van der Waals surface area contributed by atoms with Gasteiger partial charge in [0, 0.05) is 11.9 Å². The molecular weight excluding hydrogens is 305 g/mol. The number of anilines is 1. The Kier molecular flexibility index (Phi) is 4.06. The van der Waals surface area contributed by atoms with Gasteiger partial charge in [0.05, 0.1) is 12.5 Å². The summed E-state index contributed by atoms with van der Waals surface area (Å²) in [5, 5.41) is 11.9. The average Bonchev–Trinajstić information content (AvgIpc) is 2.55. The van der Waals surface area contributed by atoms with E-state index in [9.17, 15) is 4.39 Å². The van der Waals surface area contributed by atoms with E-state index in [0.717, 1.165) is 11.3 Å². The molecule has 0 bridgehead atoms. The molecule has 2 aromatic carbocycles. The van der Waals surface area contributed by atoms with Crippen molar-refractivity contribution >= 4 is 28.2 Å². The van der Waals surface area contributed by atoms with Gasteiger partial charge in [-0.15, -0.1) is 10.2 Å². The lowest BCUT2D eigenvalue weighted by Crippen LogP contribution is -2.04. The number of aromatic nitrogens is 2. The van der Waals surface area contributed by atoms with Crippen LogP contribution in [0.1, 0.15) is 5.56 Å². The first kappa shape index (κ1) is 14.5. The fourth-order valence-corrected chi connectivity index (χ4v) is 2.42. The van der Waals surface area contributed by atoms with Crippen LogP contribution < -0.4 is 10.1 Å². The van der Waals surface area contributed by atoms with Crippen LogP contribution in [0.3, 0.4) is 0 Å². The van der Waals surface area contributed by atoms with Crippen LogP contribution in [0.2, 0.25) is 5.15 Å². The summed E-state index contributed by atoms with van der Waals surface area (Å²) in [6.45, 7) is 0.534. The molecule has 0 atom stereocenters. The Hall–Kier alpha value is -2.40. The molecule has 3 rings (SSSR count). The molecule has 0 saturated heterocycles. The number of hydrogen-bond donors (Lipinski definition) is 1. The van der Waals surface area contributed by atoms with E-state index in [1.165, 1.54) is 6.07 Å². The molecule has 3 aromatic rings. The van der Waals surface area contributed by atoms with Crippen LogP contribution in [0.4, 0.5) is 10.2 Å². The van der Waals surface area contributed by atoms with Gasteiger partial charge in [0.1, 0.15) is 11.6 Å². The second-order valence-corrected chi connectivity index (χ2v) is 5.06. The van der Waals surface area contributed by atoms with Crippen LogP contribution in [0.25, 0.3) is 10.8 Å². The first-order valence-electron chi connectivity index (χ1n) is 6.66.